The van der Waals surface area contributed by atoms with Gasteiger partial charge in [-0.05, 0) is 44.2 Å². The van der Waals surface area contributed by atoms with Gasteiger partial charge in [-0.25, -0.2) is 9.59 Å². The number of nitrogens with one attached hydrogen (secondary N) is 1. The van der Waals surface area contributed by atoms with Crippen LogP contribution in [0, 0.1) is 0 Å². The molecule has 0 fully saturated rings. The highest BCUT2D eigenvalue weighted by Crippen LogP contribution is 2.38. The van der Waals surface area contributed by atoms with Crippen molar-refractivity contribution in [2.75, 3.05) is 12.4 Å². The lowest BCUT2D eigenvalue weighted by Crippen LogP contribution is -2.19. The SMILES string of the molecule is COC(=O)c1c(NC(=O)c2ccn(C(C)C(=O)O)n2)sc2c1CCCC2. The number of aryl methyl sites for hydroxylation is 1. The van der Waals surface area contributed by atoms with Crippen LogP contribution in [0.2, 0.25) is 0 Å². The molecule has 0 aromatic carbocycles. The summed E-state index contributed by atoms with van der Waals surface area (Å²) < 4.78 is 6.09. The van der Waals surface area contributed by atoms with Gasteiger partial charge < -0.3 is 15.2 Å². The molecule has 1 amide bonds. The first-order valence-corrected chi connectivity index (χ1v) is 9.06. The van der Waals surface area contributed by atoms with Crippen molar-refractivity contribution < 1.29 is 24.2 Å². The summed E-state index contributed by atoms with van der Waals surface area (Å²) in [5.74, 6) is -2.01. The third kappa shape index (κ3) is 3.34. The van der Waals surface area contributed by atoms with Gasteiger partial charge in [-0.1, -0.05) is 0 Å². The van der Waals surface area contributed by atoms with E-state index in [0.29, 0.717) is 10.6 Å². The molecule has 9 heteroatoms. The van der Waals surface area contributed by atoms with Crippen LogP contribution in [0.5, 0.6) is 0 Å². The van der Waals surface area contributed by atoms with Gasteiger partial charge in [0.25, 0.3) is 5.91 Å². The van der Waals surface area contributed by atoms with Crippen molar-refractivity contribution in [3.05, 3.63) is 34.0 Å². The molecule has 0 spiro atoms. The van der Waals surface area contributed by atoms with E-state index in [0.717, 1.165) is 36.1 Å². The van der Waals surface area contributed by atoms with E-state index in [1.165, 1.54) is 42.3 Å². The number of esters is 1. The smallest absolute Gasteiger partial charge is 0.341 e. The molecule has 138 valence electrons. The minimum Gasteiger partial charge on any atom is -0.480 e. The van der Waals surface area contributed by atoms with Gasteiger partial charge in [0.15, 0.2) is 5.69 Å². The molecule has 0 radical (unpaired) electrons. The second kappa shape index (κ2) is 7.28. The number of thiophene rings is 1. The molecule has 1 aliphatic carbocycles. The number of carboxylic acid groups (broad SMARTS) is 1. The zero-order chi connectivity index (χ0) is 18.8. The minimum absolute atomic E-state index is 0.0836. The number of carboxylic acids is 1. The van der Waals surface area contributed by atoms with E-state index in [1.807, 2.05) is 0 Å². The number of ether oxygens (including phenoxy) is 1. The van der Waals surface area contributed by atoms with Gasteiger partial charge in [0, 0.05) is 11.1 Å². The van der Waals surface area contributed by atoms with Crippen molar-refractivity contribution in [1.82, 2.24) is 9.78 Å². The number of fused-ring (bicyclic) bond motifs is 1. The molecule has 2 N–H and O–H groups in total. The molecule has 0 saturated heterocycles. The number of anilines is 1. The number of aliphatic carboxylic acids is 1. The summed E-state index contributed by atoms with van der Waals surface area (Å²) in [7, 11) is 1.32. The highest BCUT2D eigenvalue weighted by molar-refractivity contribution is 7.17. The largest absolute Gasteiger partial charge is 0.480 e. The fourth-order valence-electron chi connectivity index (χ4n) is 2.93. The van der Waals surface area contributed by atoms with E-state index in [9.17, 15) is 14.4 Å². The van der Waals surface area contributed by atoms with Crippen molar-refractivity contribution in [2.45, 2.75) is 38.6 Å². The van der Waals surface area contributed by atoms with Crippen LogP contribution in [0.3, 0.4) is 0 Å². The molecule has 0 bridgehead atoms. The number of carbonyl (C=O) groups excluding carboxylic acids is 2. The molecule has 1 atom stereocenters. The first-order chi connectivity index (χ1) is 12.4. The fraction of sp³-hybridized carbons (Fsp3) is 0.412. The molecule has 3 rings (SSSR count). The summed E-state index contributed by atoms with van der Waals surface area (Å²) in [6.07, 6.45) is 5.16. The van der Waals surface area contributed by atoms with Crippen LogP contribution in [-0.2, 0) is 22.4 Å². The van der Waals surface area contributed by atoms with E-state index in [1.54, 1.807) is 0 Å². The van der Waals surface area contributed by atoms with Gasteiger partial charge >= 0.3 is 11.9 Å². The maximum absolute atomic E-state index is 12.5. The van der Waals surface area contributed by atoms with Crippen LogP contribution < -0.4 is 5.32 Å². The summed E-state index contributed by atoms with van der Waals surface area (Å²) >= 11 is 1.39. The Balaban J connectivity index is 1.87. The van der Waals surface area contributed by atoms with E-state index in [4.69, 9.17) is 9.84 Å². The monoisotopic (exact) mass is 377 g/mol. The van der Waals surface area contributed by atoms with Crippen LogP contribution in [0.15, 0.2) is 12.3 Å². The number of amides is 1. The van der Waals surface area contributed by atoms with E-state index >= 15 is 0 Å². The molecule has 2 heterocycles. The molecule has 26 heavy (non-hydrogen) atoms. The average Bonchev–Trinajstić information content (AvgIpc) is 3.25. The molecule has 2 aromatic heterocycles. The highest BCUT2D eigenvalue weighted by atomic mass is 32.1. The van der Waals surface area contributed by atoms with E-state index in [-0.39, 0.29) is 5.69 Å². The predicted molar refractivity (Wildman–Crippen MR) is 94.8 cm³/mol. The molecule has 2 aromatic rings. The van der Waals surface area contributed by atoms with Gasteiger partial charge in [-0.3, -0.25) is 9.48 Å². The normalized spacial score (nSPS) is 14.4. The van der Waals surface area contributed by atoms with Crippen molar-refractivity contribution in [2.24, 2.45) is 0 Å². The number of aromatic nitrogens is 2. The number of hydrogen-bond acceptors (Lipinski definition) is 6. The van der Waals surface area contributed by atoms with Gasteiger partial charge in [0.05, 0.1) is 12.7 Å². The van der Waals surface area contributed by atoms with Gasteiger partial charge in [-0.15, -0.1) is 11.3 Å². The molecule has 1 unspecified atom stereocenters. The maximum atomic E-state index is 12.5. The van der Waals surface area contributed by atoms with Crippen LogP contribution in [0.25, 0.3) is 0 Å². The molecule has 1 aliphatic rings. The topological polar surface area (TPSA) is 111 Å². The summed E-state index contributed by atoms with van der Waals surface area (Å²) in [6.45, 7) is 1.47. The molecular weight excluding hydrogens is 358 g/mol. The second-order valence-corrected chi connectivity index (χ2v) is 7.16. The number of methoxy groups -OCH3 is 1. The lowest BCUT2D eigenvalue weighted by Gasteiger charge is -2.11. The summed E-state index contributed by atoms with van der Waals surface area (Å²) in [4.78, 5) is 36.8. The average molecular weight is 377 g/mol. The molecule has 0 saturated carbocycles. The minimum atomic E-state index is -1.04. The summed E-state index contributed by atoms with van der Waals surface area (Å²) in [6, 6.07) is 0.566. The van der Waals surface area contributed by atoms with Crippen molar-refractivity contribution in [1.29, 1.82) is 0 Å². The van der Waals surface area contributed by atoms with Gasteiger partial charge in [0.1, 0.15) is 11.0 Å². The Kier molecular flexibility index (Phi) is 5.08. The Morgan fingerprint density at radius 3 is 2.77 bits per heavy atom. The first kappa shape index (κ1) is 18.1. The van der Waals surface area contributed by atoms with Crippen LogP contribution in [0.4, 0.5) is 5.00 Å². The predicted octanol–water partition coefficient (Wildman–Crippen LogP) is 2.51. The number of nitrogens with zero attached hydrogens (tertiary/aromatic N) is 2. The van der Waals surface area contributed by atoms with Crippen LogP contribution in [-0.4, -0.2) is 39.8 Å². The van der Waals surface area contributed by atoms with Crippen molar-refractivity contribution >= 4 is 34.2 Å². The fourth-order valence-corrected chi connectivity index (χ4v) is 4.20. The van der Waals surface area contributed by atoms with Crippen molar-refractivity contribution in [3.63, 3.8) is 0 Å². The zero-order valence-electron chi connectivity index (χ0n) is 14.4. The maximum Gasteiger partial charge on any atom is 0.341 e. The quantitative estimate of drug-likeness (QED) is 0.775. The van der Waals surface area contributed by atoms with Crippen molar-refractivity contribution in [3.8, 4) is 0 Å². The van der Waals surface area contributed by atoms with Crippen LogP contribution >= 0.6 is 11.3 Å². The number of carbonyl (C=O) groups is 3. The van der Waals surface area contributed by atoms with E-state index in [2.05, 4.69) is 10.4 Å². The zero-order valence-corrected chi connectivity index (χ0v) is 15.3. The second-order valence-electron chi connectivity index (χ2n) is 6.06. The molecular formula is C17H19N3O5S. The first-order valence-electron chi connectivity index (χ1n) is 8.24. The standard InChI is InChI=1S/C17H19N3O5S/c1-9(16(22)23)20-8-7-11(19-20)14(21)18-15-13(17(24)25-2)10-5-3-4-6-12(10)26-15/h7-9H,3-6H2,1-2H3,(H,18,21)(H,22,23). The van der Waals surface area contributed by atoms with E-state index < -0.39 is 23.9 Å². The highest BCUT2D eigenvalue weighted by Gasteiger charge is 2.27. The molecule has 0 aliphatic heterocycles. The Morgan fingerprint density at radius 1 is 1.35 bits per heavy atom. The van der Waals surface area contributed by atoms with Crippen LogP contribution in [0.1, 0.15) is 57.1 Å². The Hall–Kier alpha value is -2.68. The van der Waals surface area contributed by atoms with Gasteiger partial charge in [0.2, 0.25) is 0 Å². The third-order valence-electron chi connectivity index (χ3n) is 4.38. The Bertz CT molecular complexity index is 870. The lowest BCUT2D eigenvalue weighted by atomic mass is 9.95. The summed E-state index contributed by atoms with van der Waals surface area (Å²) in [5, 5.41) is 16.2. The van der Waals surface area contributed by atoms with Gasteiger partial charge in [-0.2, -0.15) is 5.10 Å². The number of rotatable bonds is 5. The number of hydrogen-bond donors (Lipinski definition) is 2. The Morgan fingerprint density at radius 2 is 2.08 bits per heavy atom. The molecule has 8 nitrogen and oxygen atoms in total. The third-order valence-corrected chi connectivity index (χ3v) is 5.59. The Labute approximate surface area is 153 Å². The summed E-state index contributed by atoms with van der Waals surface area (Å²) in [5.41, 5.74) is 1.45. The lowest BCUT2D eigenvalue weighted by molar-refractivity contribution is -0.140.